The van der Waals surface area contributed by atoms with E-state index < -0.39 is 0 Å². The maximum absolute atomic E-state index is 5.32. The third kappa shape index (κ3) is 2.71. The molecule has 0 aliphatic carbocycles. The van der Waals surface area contributed by atoms with Crippen LogP contribution in [-0.4, -0.2) is 0 Å². The highest BCUT2D eigenvalue weighted by molar-refractivity contribution is 9.10. The van der Waals surface area contributed by atoms with Gasteiger partial charge in [-0.15, -0.1) is 11.3 Å². The van der Waals surface area contributed by atoms with E-state index in [1.807, 2.05) is 12.1 Å². The van der Waals surface area contributed by atoms with Crippen molar-refractivity contribution in [3.05, 3.63) is 45.0 Å². The van der Waals surface area contributed by atoms with E-state index in [0.717, 1.165) is 12.3 Å². The molecule has 0 bridgehead atoms. The predicted octanol–water partition coefficient (Wildman–Crippen LogP) is 3.95. The van der Waals surface area contributed by atoms with Gasteiger partial charge in [0.05, 0.1) is 12.3 Å². The van der Waals surface area contributed by atoms with Gasteiger partial charge in [0.15, 0.2) is 0 Å². The molecule has 0 spiro atoms. The van der Waals surface area contributed by atoms with E-state index in [0.29, 0.717) is 0 Å². The molecular formula is C11H12BrNOS. The Morgan fingerprint density at radius 3 is 3.00 bits per heavy atom. The molecule has 2 aromatic heterocycles. The third-order valence-electron chi connectivity index (χ3n) is 2.23. The molecule has 2 nitrogen and oxygen atoms in total. The van der Waals surface area contributed by atoms with Crippen LogP contribution in [0.4, 0.5) is 0 Å². The van der Waals surface area contributed by atoms with Gasteiger partial charge in [-0.05, 0) is 46.4 Å². The topological polar surface area (TPSA) is 25.2 Å². The largest absolute Gasteiger partial charge is 0.468 e. The van der Waals surface area contributed by atoms with Crippen LogP contribution in [0, 0.1) is 0 Å². The molecule has 0 fully saturated rings. The number of halogens is 1. The van der Waals surface area contributed by atoms with E-state index >= 15 is 0 Å². The van der Waals surface area contributed by atoms with Gasteiger partial charge >= 0.3 is 0 Å². The van der Waals surface area contributed by atoms with Crippen molar-refractivity contribution in [2.45, 2.75) is 19.5 Å². The van der Waals surface area contributed by atoms with Gasteiger partial charge in [-0.3, -0.25) is 0 Å². The Bertz CT molecular complexity index is 410. The Labute approximate surface area is 101 Å². The highest BCUT2D eigenvalue weighted by Crippen LogP contribution is 2.23. The van der Waals surface area contributed by atoms with Gasteiger partial charge in [0.2, 0.25) is 0 Å². The summed E-state index contributed by atoms with van der Waals surface area (Å²) in [5.74, 6) is 0.975. The molecule has 1 N–H and O–H groups in total. The van der Waals surface area contributed by atoms with Crippen LogP contribution in [0.25, 0.3) is 0 Å². The fraction of sp³-hybridized carbons (Fsp3) is 0.273. The minimum Gasteiger partial charge on any atom is -0.468 e. The Hall–Kier alpha value is -0.580. The van der Waals surface area contributed by atoms with E-state index in [4.69, 9.17) is 4.42 Å². The van der Waals surface area contributed by atoms with Gasteiger partial charge in [0.25, 0.3) is 0 Å². The molecule has 80 valence electrons. The van der Waals surface area contributed by atoms with E-state index in [9.17, 15) is 0 Å². The standard InChI is InChI=1S/C11H12BrNOS/c1-8(10-3-2-5-14-10)13-7-11-9(12)4-6-15-11/h2-6,8,13H,7H2,1H3. The number of furan rings is 1. The summed E-state index contributed by atoms with van der Waals surface area (Å²) >= 11 is 5.26. The Balaban J connectivity index is 1.91. The van der Waals surface area contributed by atoms with Crippen molar-refractivity contribution in [1.29, 1.82) is 0 Å². The molecule has 2 heterocycles. The number of hydrogen-bond acceptors (Lipinski definition) is 3. The minimum absolute atomic E-state index is 0.244. The molecule has 0 saturated carbocycles. The molecule has 4 heteroatoms. The van der Waals surface area contributed by atoms with Gasteiger partial charge in [-0.1, -0.05) is 0 Å². The first kappa shape index (κ1) is 10.9. The summed E-state index contributed by atoms with van der Waals surface area (Å²) in [7, 11) is 0. The van der Waals surface area contributed by atoms with Gasteiger partial charge in [0, 0.05) is 15.9 Å². The third-order valence-corrected chi connectivity index (χ3v) is 4.16. The fourth-order valence-electron chi connectivity index (χ4n) is 1.34. The van der Waals surface area contributed by atoms with Crippen LogP contribution in [0.1, 0.15) is 23.6 Å². The molecule has 1 unspecified atom stereocenters. The normalized spacial score (nSPS) is 12.9. The van der Waals surface area contributed by atoms with Crippen molar-refractivity contribution in [2.75, 3.05) is 0 Å². The summed E-state index contributed by atoms with van der Waals surface area (Å²) in [6, 6.07) is 6.21. The fourth-order valence-corrected chi connectivity index (χ4v) is 2.78. The lowest BCUT2D eigenvalue weighted by atomic mass is 10.2. The molecular weight excluding hydrogens is 274 g/mol. The molecule has 0 aromatic carbocycles. The van der Waals surface area contributed by atoms with Crippen LogP contribution < -0.4 is 5.32 Å². The minimum atomic E-state index is 0.244. The summed E-state index contributed by atoms with van der Waals surface area (Å²) < 4.78 is 6.50. The van der Waals surface area contributed by atoms with Crippen LogP contribution in [0.3, 0.4) is 0 Å². The second-order valence-corrected chi connectivity index (χ2v) is 5.16. The number of nitrogens with one attached hydrogen (secondary N) is 1. The zero-order chi connectivity index (χ0) is 10.7. The first-order valence-electron chi connectivity index (χ1n) is 4.76. The number of thiophene rings is 1. The average Bonchev–Trinajstić information content (AvgIpc) is 2.85. The molecule has 0 radical (unpaired) electrons. The van der Waals surface area contributed by atoms with Crippen LogP contribution in [0.5, 0.6) is 0 Å². The van der Waals surface area contributed by atoms with Crippen molar-refractivity contribution in [3.8, 4) is 0 Å². The van der Waals surface area contributed by atoms with E-state index in [1.165, 1.54) is 9.35 Å². The van der Waals surface area contributed by atoms with Gasteiger partial charge < -0.3 is 9.73 Å². The lowest BCUT2D eigenvalue weighted by molar-refractivity contribution is 0.431. The zero-order valence-electron chi connectivity index (χ0n) is 8.37. The van der Waals surface area contributed by atoms with Crippen molar-refractivity contribution in [3.63, 3.8) is 0 Å². The molecule has 0 saturated heterocycles. The van der Waals surface area contributed by atoms with Crippen LogP contribution in [-0.2, 0) is 6.54 Å². The lowest BCUT2D eigenvalue weighted by Crippen LogP contribution is -2.17. The Kier molecular flexibility index (Phi) is 3.61. The van der Waals surface area contributed by atoms with Crippen molar-refractivity contribution in [1.82, 2.24) is 5.32 Å². The second kappa shape index (κ2) is 4.96. The predicted molar refractivity (Wildman–Crippen MR) is 66.0 cm³/mol. The number of rotatable bonds is 4. The average molecular weight is 286 g/mol. The molecule has 2 rings (SSSR count). The van der Waals surface area contributed by atoms with Gasteiger partial charge in [-0.2, -0.15) is 0 Å². The summed E-state index contributed by atoms with van der Waals surface area (Å²) in [4.78, 5) is 1.31. The summed E-state index contributed by atoms with van der Waals surface area (Å²) in [6.45, 7) is 2.96. The van der Waals surface area contributed by atoms with E-state index in [1.54, 1.807) is 17.6 Å². The summed E-state index contributed by atoms with van der Waals surface area (Å²) in [5.41, 5.74) is 0. The second-order valence-electron chi connectivity index (χ2n) is 3.31. The Morgan fingerprint density at radius 1 is 1.53 bits per heavy atom. The van der Waals surface area contributed by atoms with E-state index in [-0.39, 0.29) is 6.04 Å². The molecule has 1 atom stereocenters. The monoisotopic (exact) mass is 285 g/mol. The van der Waals surface area contributed by atoms with Crippen LogP contribution in [0.2, 0.25) is 0 Å². The van der Waals surface area contributed by atoms with Gasteiger partial charge in [0.1, 0.15) is 5.76 Å². The van der Waals surface area contributed by atoms with E-state index in [2.05, 4.69) is 39.6 Å². The van der Waals surface area contributed by atoms with Gasteiger partial charge in [-0.25, -0.2) is 0 Å². The van der Waals surface area contributed by atoms with Crippen LogP contribution >= 0.6 is 27.3 Å². The molecule has 15 heavy (non-hydrogen) atoms. The van der Waals surface area contributed by atoms with Crippen molar-refractivity contribution in [2.24, 2.45) is 0 Å². The molecule has 0 amide bonds. The van der Waals surface area contributed by atoms with Crippen LogP contribution in [0.15, 0.2) is 38.7 Å². The lowest BCUT2D eigenvalue weighted by Gasteiger charge is -2.10. The molecule has 2 aromatic rings. The molecule has 0 aliphatic rings. The Morgan fingerprint density at radius 2 is 2.40 bits per heavy atom. The van der Waals surface area contributed by atoms with Crippen molar-refractivity contribution >= 4 is 27.3 Å². The highest BCUT2D eigenvalue weighted by atomic mass is 79.9. The smallest absolute Gasteiger partial charge is 0.120 e. The zero-order valence-corrected chi connectivity index (χ0v) is 10.8. The summed E-state index contributed by atoms with van der Waals surface area (Å²) in [6.07, 6.45) is 1.70. The first-order valence-corrected chi connectivity index (χ1v) is 6.43. The maximum Gasteiger partial charge on any atom is 0.120 e. The maximum atomic E-state index is 5.32. The van der Waals surface area contributed by atoms with Crippen molar-refractivity contribution < 1.29 is 4.42 Å². The first-order chi connectivity index (χ1) is 7.27. The quantitative estimate of drug-likeness (QED) is 0.920. The highest BCUT2D eigenvalue weighted by Gasteiger charge is 2.08. The molecule has 0 aliphatic heterocycles. The summed E-state index contributed by atoms with van der Waals surface area (Å²) in [5, 5.41) is 5.50. The number of hydrogen-bond donors (Lipinski definition) is 1. The SMILES string of the molecule is CC(NCc1sccc1Br)c1ccco1.